The van der Waals surface area contributed by atoms with Gasteiger partial charge in [0.05, 0.1) is 4.47 Å². The van der Waals surface area contributed by atoms with E-state index in [9.17, 15) is 0 Å². The lowest BCUT2D eigenvalue weighted by atomic mass is 9.86. The average molecular weight is 297 g/mol. The fraction of sp³-hybridized carbons (Fsp3) is 0.643. The minimum atomic E-state index is 0.643. The van der Waals surface area contributed by atoms with E-state index in [0.29, 0.717) is 6.04 Å². The first-order chi connectivity index (χ1) is 8.09. The highest BCUT2D eigenvalue weighted by Crippen LogP contribution is 2.32. The number of aryl methyl sites for hydroxylation is 1. The number of nitrogens with zero attached hydrogens (tertiary/aromatic N) is 2. The summed E-state index contributed by atoms with van der Waals surface area (Å²) >= 11 is 3.66. The maximum atomic E-state index is 4.52. The molecule has 0 aliphatic heterocycles. The lowest BCUT2D eigenvalue weighted by molar-refractivity contribution is 0.335. The molecular formula is C14H21BrN2. The van der Waals surface area contributed by atoms with E-state index in [2.05, 4.69) is 46.7 Å². The van der Waals surface area contributed by atoms with Crippen LogP contribution in [-0.2, 0) is 0 Å². The number of rotatable bonds is 2. The van der Waals surface area contributed by atoms with Gasteiger partial charge in [-0.05, 0) is 53.2 Å². The molecule has 3 heteroatoms. The number of halogens is 1. The van der Waals surface area contributed by atoms with E-state index in [1.165, 1.54) is 31.2 Å². The third-order valence-electron chi connectivity index (χ3n) is 3.85. The van der Waals surface area contributed by atoms with E-state index in [0.717, 1.165) is 16.2 Å². The van der Waals surface area contributed by atoms with Gasteiger partial charge in [-0.25, -0.2) is 4.98 Å². The van der Waals surface area contributed by atoms with Gasteiger partial charge in [0.15, 0.2) is 0 Å². The van der Waals surface area contributed by atoms with E-state index in [4.69, 9.17) is 0 Å². The number of aromatic nitrogens is 1. The summed E-state index contributed by atoms with van der Waals surface area (Å²) in [5.41, 5.74) is 1.26. The van der Waals surface area contributed by atoms with Gasteiger partial charge in [-0.15, -0.1) is 0 Å². The molecule has 2 unspecified atom stereocenters. The van der Waals surface area contributed by atoms with Crippen molar-refractivity contribution in [3.63, 3.8) is 0 Å². The molecule has 0 N–H and O–H groups in total. The van der Waals surface area contributed by atoms with Crippen molar-refractivity contribution in [2.45, 2.75) is 45.6 Å². The second kappa shape index (κ2) is 5.38. The van der Waals surface area contributed by atoms with Crippen molar-refractivity contribution < 1.29 is 0 Å². The van der Waals surface area contributed by atoms with Crippen molar-refractivity contribution in [1.29, 1.82) is 0 Å². The van der Waals surface area contributed by atoms with Gasteiger partial charge >= 0.3 is 0 Å². The Labute approximate surface area is 113 Å². The van der Waals surface area contributed by atoms with E-state index in [1.54, 1.807) is 0 Å². The fourth-order valence-corrected chi connectivity index (χ4v) is 3.21. The Kier molecular flexibility index (Phi) is 4.08. The molecule has 0 aromatic carbocycles. The Hall–Kier alpha value is -0.570. The van der Waals surface area contributed by atoms with Crippen LogP contribution >= 0.6 is 15.9 Å². The molecule has 1 fully saturated rings. The van der Waals surface area contributed by atoms with Crippen LogP contribution in [0.1, 0.15) is 38.2 Å². The minimum Gasteiger partial charge on any atom is -0.356 e. The Morgan fingerprint density at radius 1 is 1.41 bits per heavy atom. The van der Waals surface area contributed by atoms with Crippen LogP contribution in [0.25, 0.3) is 0 Å². The standard InChI is InChI=1S/C14H21BrN2/c1-10-5-4-6-12(9-10)17(3)14-13(15)11(2)7-8-16-14/h7-8,10,12H,4-6,9H2,1-3H3. The molecule has 2 atom stereocenters. The molecule has 2 rings (SSSR count). The smallest absolute Gasteiger partial charge is 0.143 e. The number of anilines is 1. The fourth-order valence-electron chi connectivity index (χ4n) is 2.70. The first-order valence-corrected chi connectivity index (χ1v) is 7.23. The van der Waals surface area contributed by atoms with Gasteiger partial charge < -0.3 is 4.90 Å². The molecule has 1 aliphatic carbocycles. The van der Waals surface area contributed by atoms with Crippen molar-refractivity contribution >= 4 is 21.7 Å². The van der Waals surface area contributed by atoms with Gasteiger partial charge in [0.2, 0.25) is 0 Å². The Morgan fingerprint density at radius 3 is 2.88 bits per heavy atom. The Morgan fingerprint density at radius 2 is 2.18 bits per heavy atom. The van der Waals surface area contributed by atoms with Crippen molar-refractivity contribution in [3.8, 4) is 0 Å². The van der Waals surface area contributed by atoms with Crippen LogP contribution in [0.3, 0.4) is 0 Å². The molecule has 0 amide bonds. The SMILES string of the molecule is Cc1ccnc(N(C)C2CCCC(C)C2)c1Br. The van der Waals surface area contributed by atoms with Crippen LogP contribution < -0.4 is 4.90 Å². The zero-order valence-electron chi connectivity index (χ0n) is 10.9. The predicted molar refractivity (Wildman–Crippen MR) is 76.5 cm³/mol. The molecule has 1 aromatic heterocycles. The molecule has 0 bridgehead atoms. The molecule has 1 aliphatic rings. The van der Waals surface area contributed by atoms with Gasteiger partial charge in [0.1, 0.15) is 5.82 Å². The van der Waals surface area contributed by atoms with E-state index < -0.39 is 0 Å². The number of hydrogen-bond donors (Lipinski definition) is 0. The minimum absolute atomic E-state index is 0.643. The summed E-state index contributed by atoms with van der Waals surface area (Å²) in [6.45, 7) is 4.48. The van der Waals surface area contributed by atoms with Crippen molar-refractivity contribution in [3.05, 3.63) is 22.3 Å². The predicted octanol–water partition coefficient (Wildman–Crippen LogP) is 4.17. The van der Waals surface area contributed by atoms with Crippen molar-refractivity contribution in [2.75, 3.05) is 11.9 Å². The van der Waals surface area contributed by atoms with E-state index in [-0.39, 0.29) is 0 Å². The lowest BCUT2D eigenvalue weighted by Crippen LogP contribution is -2.36. The monoisotopic (exact) mass is 296 g/mol. The summed E-state index contributed by atoms with van der Waals surface area (Å²) in [6, 6.07) is 2.69. The summed E-state index contributed by atoms with van der Waals surface area (Å²) in [4.78, 5) is 6.87. The number of hydrogen-bond acceptors (Lipinski definition) is 2. The van der Waals surface area contributed by atoms with Crippen LogP contribution in [-0.4, -0.2) is 18.1 Å². The molecular weight excluding hydrogens is 276 g/mol. The second-order valence-corrected chi connectivity index (χ2v) is 6.09. The maximum Gasteiger partial charge on any atom is 0.143 e. The first kappa shape index (κ1) is 12.9. The zero-order valence-corrected chi connectivity index (χ0v) is 12.5. The zero-order chi connectivity index (χ0) is 12.4. The van der Waals surface area contributed by atoms with Crippen LogP contribution in [0.2, 0.25) is 0 Å². The van der Waals surface area contributed by atoms with Crippen molar-refractivity contribution in [2.24, 2.45) is 5.92 Å². The highest BCUT2D eigenvalue weighted by Gasteiger charge is 2.24. The molecule has 1 heterocycles. The van der Waals surface area contributed by atoms with Crippen molar-refractivity contribution in [1.82, 2.24) is 4.98 Å². The topological polar surface area (TPSA) is 16.1 Å². The Bertz CT molecular complexity index is 392. The van der Waals surface area contributed by atoms with E-state index >= 15 is 0 Å². The first-order valence-electron chi connectivity index (χ1n) is 6.43. The summed E-state index contributed by atoms with van der Waals surface area (Å²) in [7, 11) is 2.18. The van der Waals surface area contributed by atoms with Crippen LogP contribution in [0.4, 0.5) is 5.82 Å². The third kappa shape index (κ3) is 2.82. The highest BCUT2D eigenvalue weighted by atomic mass is 79.9. The lowest BCUT2D eigenvalue weighted by Gasteiger charge is -2.35. The molecule has 17 heavy (non-hydrogen) atoms. The molecule has 2 nitrogen and oxygen atoms in total. The van der Waals surface area contributed by atoms with Gasteiger partial charge in [-0.1, -0.05) is 19.8 Å². The van der Waals surface area contributed by atoms with Crippen LogP contribution in [0.5, 0.6) is 0 Å². The maximum absolute atomic E-state index is 4.52. The normalized spacial score (nSPS) is 24.7. The summed E-state index contributed by atoms with van der Waals surface area (Å²) < 4.78 is 1.14. The molecule has 0 spiro atoms. The van der Waals surface area contributed by atoms with Gasteiger partial charge in [0, 0.05) is 19.3 Å². The largest absolute Gasteiger partial charge is 0.356 e. The summed E-state index contributed by atoms with van der Waals surface area (Å²) in [5, 5.41) is 0. The van der Waals surface area contributed by atoms with Gasteiger partial charge in [0.25, 0.3) is 0 Å². The number of pyridine rings is 1. The summed E-state index contributed by atoms with van der Waals surface area (Å²) in [5.74, 6) is 1.93. The van der Waals surface area contributed by atoms with E-state index in [1.807, 2.05) is 12.3 Å². The summed E-state index contributed by atoms with van der Waals surface area (Å²) in [6.07, 6.45) is 7.21. The molecule has 0 radical (unpaired) electrons. The van der Waals surface area contributed by atoms with Gasteiger partial charge in [-0.3, -0.25) is 0 Å². The average Bonchev–Trinajstić information content (AvgIpc) is 2.32. The van der Waals surface area contributed by atoms with Crippen LogP contribution in [0, 0.1) is 12.8 Å². The quantitative estimate of drug-likeness (QED) is 0.814. The molecule has 0 saturated heterocycles. The van der Waals surface area contributed by atoms with Crippen LogP contribution in [0.15, 0.2) is 16.7 Å². The molecule has 1 aromatic rings. The Balaban J connectivity index is 2.18. The second-order valence-electron chi connectivity index (χ2n) is 5.30. The molecule has 94 valence electrons. The highest BCUT2D eigenvalue weighted by molar-refractivity contribution is 9.10. The molecule has 1 saturated carbocycles. The third-order valence-corrected chi connectivity index (χ3v) is 4.83. The van der Waals surface area contributed by atoms with Gasteiger partial charge in [-0.2, -0.15) is 0 Å².